The highest BCUT2D eigenvalue weighted by molar-refractivity contribution is 6.02. The van der Waals surface area contributed by atoms with E-state index in [4.69, 9.17) is 9.47 Å². The Kier molecular flexibility index (Phi) is 7.72. The summed E-state index contributed by atoms with van der Waals surface area (Å²) in [6.07, 6.45) is 3.25. The summed E-state index contributed by atoms with van der Waals surface area (Å²) in [7, 11) is 1.58. The van der Waals surface area contributed by atoms with Crippen molar-refractivity contribution in [3.8, 4) is 5.75 Å². The number of aromatic amines is 1. The zero-order valence-corrected chi connectivity index (χ0v) is 23.7. The number of amides is 3. The van der Waals surface area contributed by atoms with Gasteiger partial charge in [0.25, 0.3) is 5.91 Å². The molecule has 2 aromatic carbocycles. The molecule has 3 fully saturated rings. The Bertz CT molecular complexity index is 1500. The molecule has 3 N–H and O–H groups in total. The van der Waals surface area contributed by atoms with E-state index in [0.29, 0.717) is 37.4 Å². The SMILES string of the molecule is COc1cccc2[nH]c(C(=O)N3CC4(CC4)CC3C(=O)N[C@@H](C[C@@H]3CCNC3=O)C(=O)COCc3ccccc3)cc12. The third-order valence-electron chi connectivity index (χ3n) is 8.85. The van der Waals surface area contributed by atoms with Crippen LogP contribution < -0.4 is 15.4 Å². The maximum Gasteiger partial charge on any atom is 0.271 e. The van der Waals surface area contributed by atoms with Crippen molar-refractivity contribution in [3.63, 3.8) is 0 Å². The fraction of sp³-hybridized carbons (Fsp3) is 0.438. The lowest BCUT2D eigenvalue weighted by Gasteiger charge is -2.26. The van der Waals surface area contributed by atoms with Crippen LogP contribution in [0, 0.1) is 11.3 Å². The molecule has 3 heterocycles. The molecule has 42 heavy (non-hydrogen) atoms. The Hall–Kier alpha value is -4.18. The number of Topliss-reactive ketones (excluding diaryl/α,β-unsaturated/α-hetero) is 1. The number of nitrogens with one attached hydrogen (secondary N) is 3. The highest BCUT2D eigenvalue weighted by Crippen LogP contribution is 2.55. The van der Waals surface area contributed by atoms with Crippen LogP contribution in [-0.4, -0.2) is 72.3 Å². The molecule has 0 radical (unpaired) electrons. The van der Waals surface area contributed by atoms with Gasteiger partial charge in [-0.1, -0.05) is 36.4 Å². The molecule has 6 rings (SSSR count). The summed E-state index contributed by atoms with van der Waals surface area (Å²) in [4.78, 5) is 58.1. The number of aromatic nitrogens is 1. The van der Waals surface area contributed by atoms with Crippen molar-refractivity contribution in [1.82, 2.24) is 20.5 Å². The number of rotatable bonds is 11. The number of likely N-dealkylation sites (tertiary alicyclic amines) is 1. The van der Waals surface area contributed by atoms with Gasteiger partial charge in [-0.05, 0) is 61.3 Å². The van der Waals surface area contributed by atoms with Gasteiger partial charge in [0.2, 0.25) is 11.8 Å². The van der Waals surface area contributed by atoms with Gasteiger partial charge in [0.05, 0.1) is 19.8 Å². The Morgan fingerprint density at radius 2 is 1.93 bits per heavy atom. The zero-order chi connectivity index (χ0) is 29.3. The van der Waals surface area contributed by atoms with Crippen molar-refractivity contribution in [1.29, 1.82) is 0 Å². The second kappa shape index (κ2) is 11.6. The molecule has 1 aliphatic carbocycles. The van der Waals surface area contributed by atoms with E-state index in [2.05, 4.69) is 15.6 Å². The van der Waals surface area contributed by atoms with Gasteiger partial charge < -0.3 is 30.0 Å². The van der Waals surface area contributed by atoms with Crippen molar-refractivity contribution in [2.75, 3.05) is 26.8 Å². The Labute approximate surface area is 244 Å². The molecule has 220 valence electrons. The van der Waals surface area contributed by atoms with Gasteiger partial charge in [-0.25, -0.2) is 0 Å². The van der Waals surface area contributed by atoms with E-state index in [1.165, 1.54) is 0 Å². The molecule has 1 unspecified atom stereocenters. The molecule has 1 saturated carbocycles. The van der Waals surface area contributed by atoms with Crippen molar-refractivity contribution in [2.45, 2.75) is 50.8 Å². The zero-order valence-electron chi connectivity index (χ0n) is 23.7. The standard InChI is InChI=1S/C32H36N4O6/c1-41-28-9-5-8-23-22(28)15-25(34-23)31(40)36-19-32(11-12-32)16-26(36)30(39)35-24(14-21-10-13-33-29(21)38)27(37)18-42-17-20-6-3-2-4-7-20/h2-9,15,21,24,26,34H,10-14,16-19H2,1H3,(H,33,38)(H,35,39)/t21-,24-,26?/m0/s1. The summed E-state index contributed by atoms with van der Waals surface area (Å²) >= 11 is 0. The lowest BCUT2D eigenvalue weighted by atomic mass is 9.95. The third-order valence-corrected chi connectivity index (χ3v) is 8.85. The minimum Gasteiger partial charge on any atom is -0.496 e. The molecule has 3 aliphatic rings. The van der Waals surface area contributed by atoms with Crippen LogP contribution in [-0.2, 0) is 25.7 Å². The maximum atomic E-state index is 13.8. The van der Waals surface area contributed by atoms with Gasteiger partial charge in [-0.2, -0.15) is 0 Å². The number of ether oxygens (including phenoxy) is 2. The molecular weight excluding hydrogens is 536 g/mol. The van der Waals surface area contributed by atoms with Crippen LogP contribution in [0.15, 0.2) is 54.6 Å². The normalized spacial score (nSPS) is 21.4. The van der Waals surface area contributed by atoms with Crippen molar-refractivity contribution < 1.29 is 28.7 Å². The van der Waals surface area contributed by atoms with E-state index in [-0.39, 0.29) is 54.5 Å². The summed E-state index contributed by atoms with van der Waals surface area (Å²) in [6.45, 7) is 1.11. The number of methoxy groups -OCH3 is 1. The summed E-state index contributed by atoms with van der Waals surface area (Å²) in [5.41, 5.74) is 2.03. The van der Waals surface area contributed by atoms with Crippen LogP contribution in [0.4, 0.5) is 0 Å². The first-order valence-electron chi connectivity index (χ1n) is 14.5. The molecule has 2 aliphatic heterocycles. The Morgan fingerprint density at radius 1 is 1.12 bits per heavy atom. The van der Waals surface area contributed by atoms with Crippen LogP contribution in [0.25, 0.3) is 10.9 Å². The predicted octanol–water partition coefficient (Wildman–Crippen LogP) is 2.97. The second-order valence-corrected chi connectivity index (χ2v) is 11.8. The van der Waals surface area contributed by atoms with Crippen molar-refractivity contribution >= 4 is 34.4 Å². The summed E-state index contributed by atoms with van der Waals surface area (Å²) in [6, 6.07) is 15.2. The molecule has 0 bridgehead atoms. The molecular formula is C32H36N4O6. The van der Waals surface area contributed by atoms with Gasteiger partial charge in [0.1, 0.15) is 24.1 Å². The topological polar surface area (TPSA) is 130 Å². The van der Waals surface area contributed by atoms with Crippen LogP contribution in [0.2, 0.25) is 0 Å². The van der Waals surface area contributed by atoms with Crippen LogP contribution in [0.5, 0.6) is 5.75 Å². The van der Waals surface area contributed by atoms with Crippen molar-refractivity contribution in [3.05, 3.63) is 65.9 Å². The van der Waals surface area contributed by atoms with Gasteiger partial charge in [-0.15, -0.1) is 0 Å². The van der Waals surface area contributed by atoms with Crippen LogP contribution >= 0.6 is 0 Å². The predicted molar refractivity (Wildman–Crippen MR) is 155 cm³/mol. The minimum atomic E-state index is -0.896. The third kappa shape index (κ3) is 5.76. The average Bonchev–Trinajstić information content (AvgIpc) is 3.28. The number of H-pyrrole nitrogens is 1. The number of hydrogen-bond acceptors (Lipinski definition) is 6. The lowest BCUT2D eigenvalue weighted by Crippen LogP contribution is -2.52. The van der Waals surface area contributed by atoms with Gasteiger partial charge >= 0.3 is 0 Å². The monoisotopic (exact) mass is 572 g/mol. The number of benzene rings is 2. The molecule has 3 aromatic rings. The Morgan fingerprint density at radius 3 is 2.64 bits per heavy atom. The van der Waals surface area contributed by atoms with Gasteiger partial charge in [0.15, 0.2) is 5.78 Å². The number of fused-ring (bicyclic) bond motifs is 1. The number of carbonyl (C=O) groups is 4. The summed E-state index contributed by atoms with van der Waals surface area (Å²) < 4.78 is 11.1. The highest BCUT2D eigenvalue weighted by atomic mass is 16.5. The highest BCUT2D eigenvalue weighted by Gasteiger charge is 2.55. The summed E-state index contributed by atoms with van der Waals surface area (Å²) in [5, 5.41) is 6.53. The van der Waals surface area contributed by atoms with Crippen molar-refractivity contribution in [2.24, 2.45) is 11.3 Å². The molecule has 1 spiro atoms. The van der Waals surface area contributed by atoms with E-state index in [1.807, 2.05) is 48.5 Å². The maximum absolute atomic E-state index is 13.8. The largest absolute Gasteiger partial charge is 0.496 e. The molecule has 3 amide bonds. The van der Waals surface area contributed by atoms with E-state index >= 15 is 0 Å². The number of carbonyl (C=O) groups excluding carboxylic acids is 4. The lowest BCUT2D eigenvalue weighted by molar-refractivity contribution is -0.133. The first-order valence-corrected chi connectivity index (χ1v) is 14.5. The molecule has 1 aromatic heterocycles. The van der Waals surface area contributed by atoms with E-state index in [9.17, 15) is 19.2 Å². The fourth-order valence-corrected chi connectivity index (χ4v) is 6.26. The number of ketones is 1. The average molecular weight is 573 g/mol. The number of hydrogen-bond donors (Lipinski definition) is 3. The fourth-order valence-electron chi connectivity index (χ4n) is 6.26. The Balaban J connectivity index is 1.18. The minimum absolute atomic E-state index is 0.0645. The molecule has 2 saturated heterocycles. The van der Waals surface area contributed by atoms with Gasteiger partial charge in [0, 0.05) is 29.9 Å². The van der Waals surface area contributed by atoms with Gasteiger partial charge in [-0.3, -0.25) is 19.2 Å². The molecule has 3 atom stereocenters. The number of nitrogens with zero attached hydrogens (tertiary/aromatic N) is 1. The van der Waals surface area contributed by atoms with Crippen LogP contribution in [0.3, 0.4) is 0 Å². The molecule has 10 heteroatoms. The quantitative estimate of drug-likeness (QED) is 0.324. The van der Waals surface area contributed by atoms with Crippen LogP contribution in [0.1, 0.15) is 48.2 Å². The first kappa shape index (κ1) is 28.0. The first-order chi connectivity index (χ1) is 20.4. The summed E-state index contributed by atoms with van der Waals surface area (Å²) in [5.74, 6) is -0.758. The smallest absolute Gasteiger partial charge is 0.271 e. The second-order valence-electron chi connectivity index (χ2n) is 11.8. The van der Waals surface area contributed by atoms with E-state index in [1.54, 1.807) is 18.1 Å². The van der Waals surface area contributed by atoms with E-state index in [0.717, 1.165) is 29.3 Å². The van der Waals surface area contributed by atoms with E-state index < -0.39 is 12.1 Å². The molecule has 10 nitrogen and oxygen atoms in total.